The minimum absolute atomic E-state index is 0.766. The summed E-state index contributed by atoms with van der Waals surface area (Å²) >= 11 is 0. The van der Waals surface area contributed by atoms with Gasteiger partial charge in [0.05, 0.1) is 0 Å². The average Bonchev–Trinajstić information content (AvgIpc) is 3.06. The summed E-state index contributed by atoms with van der Waals surface area (Å²) in [7, 11) is -2.37. The normalized spacial score (nSPS) is 12.1. The molecule has 0 aliphatic rings. The maximum absolute atomic E-state index is 14.3. The molecule has 0 saturated heterocycles. The Morgan fingerprint density at radius 1 is 0.524 bits per heavy atom. The van der Waals surface area contributed by atoms with Crippen LogP contribution in [0.25, 0.3) is 0 Å². The minimum Gasteiger partial charge on any atom is -0.793 e. The molecule has 0 fully saturated rings. The first kappa shape index (κ1) is 28.4. The van der Waals surface area contributed by atoms with Gasteiger partial charge in [-0.25, -0.2) is 0 Å². The highest BCUT2D eigenvalue weighted by atomic mass is 32.2. The van der Waals surface area contributed by atoms with Gasteiger partial charge in [0.15, 0.2) is 0 Å². The van der Waals surface area contributed by atoms with E-state index in [2.05, 4.69) is 145 Å². The fourth-order valence-electron chi connectivity index (χ4n) is 5.24. The fraction of sp³-hybridized carbons (Fsp3) is 0.0263. The van der Waals surface area contributed by atoms with Crippen molar-refractivity contribution in [2.75, 3.05) is 0 Å². The van der Waals surface area contributed by atoms with E-state index < -0.39 is 25.6 Å². The van der Waals surface area contributed by atoms with E-state index in [1.165, 1.54) is 21.2 Å². The predicted octanol–water partition coefficient (Wildman–Crippen LogP) is 7.14. The second kappa shape index (κ2) is 13.1. The smallest absolute Gasteiger partial charge is 0.0230 e. The van der Waals surface area contributed by atoms with Crippen LogP contribution in [0.3, 0.4) is 0 Å². The molecule has 206 valence electrons. The van der Waals surface area contributed by atoms with Crippen LogP contribution in [0, 0.1) is 6.92 Å². The maximum Gasteiger partial charge on any atom is 0.0230 e. The van der Waals surface area contributed by atoms with Gasteiger partial charge in [-0.05, 0) is 63.7 Å². The third-order valence-electron chi connectivity index (χ3n) is 7.25. The standard InChI is InChI=1S/C38H31OP2S/c1-31-26-28-36(29-27-31)42(39)30-41(34-20-10-4-11-21-34,35-22-12-5-13-23-35)38-25-15-14-24-37(38)40(32-16-6-2-7-17-32)33-18-8-3-9-19-33/h2-29H,1H3/q-1. The molecule has 42 heavy (non-hydrogen) atoms. The molecule has 6 rings (SSSR count). The molecule has 0 heterocycles. The Morgan fingerprint density at radius 2 is 0.952 bits per heavy atom. The van der Waals surface area contributed by atoms with Crippen molar-refractivity contribution in [3.05, 3.63) is 175 Å². The number of hydrogen-bond donors (Lipinski definition) is 0. The Kier molecular flexibility index (Phi) is 8.83. The molecule has 1 nitrogen and oxygen atoms in total. The van der Waals surface area contributed by atoms with Crippen molar-refractivity contribution in [1.82, 2.24) is 0 Å². The van der Waals surface area contributed by atoms with E-state index >= 15 is 0 Å². The summed E-state index contributed by atoms with van der Waals surface area (Å²) < 4.78 is 18.2. The Morgan fingerprint density at radius 3 is 1.45 bits per heavy atom. The number of hydrogen-bond acceptors (Lipinski definition) is 1. The Labute approximate surface area is 253 Å². The van der Waals surface area contributed by atoms with Crippen molar-refractivity contribution >= 4 is 62.1 Å². The third kappa shape index (κ3) is 5.79. The highest BCUT2D eigenvalue weighted by Gasteiger charge is 2.30. The van der Waals surface area contributed by atoms with Gasteiger partial charge in [0.1, 0.15) is 0 Å². The fourth-order valence-corrected chi connectivity index (χ4v) is 14.2. The minimum atomic E-state index is -2.65. The molecule has 0 amide bonds. The first-order chi connectivity index (χ1) is 20.7. The maximum atomic E-state index is 14.3. The molecule has 0 bridgehead atoms. The molecule has 0 aromatic heterocycles. The molecule has 1 atom stereocenters. The molecule has 0 saturated carbocycles. The third-order valence-corrected chi connectivity index (χ3v) is 15.6. The van der Waals surface area contributed by atoms with Crippen molar-refractivity contribution in [3.8, 4) is 0 Å². The van der Waals surface area contributed by atoms with Gasteiger partial charge in [-0.15, -0.1) is 0 Å². The lowest BCUT2D eigenvalue weighted by molar-refractivity contribution is 0.616. The molecular formula is C38H31OP2S-. The van der Waals surface area contributed by atoms with Crippen LogP contribution in [-0.2, 0) is 0 Å². The van der Waals surface area contributed by atoms with E-state index in [4.69, 9.17) is 0 Å². The van der Waals surface area contributed by atoms with Crippen molar-refractivity contribution in [2.24, 2.45) is 0 Å². The van der Waals surface area contributed by atoms with Crippen LogP contribution < -0.4 is 31.8 Å². The molecule has 0 spiro atoms. The zero-order valence-corrected chi connectivity index (χ0v) is 26.0. The van der Waals surface area contributed by atoms with Gasteiger partial charge < -0.3 is 4.55 Å². The van der Waals surface area contributed by atoms with Gasteiger partial charge in [0, 0.05) is 6.89 Å². The second-order valence-electron chi connectivity index (χ2n) is 10.0. The Bertz CT molecular complexity index is 1780. The largest absolute Gasteiger partial charge is 0.793 e. The molecule has 0 N–H and O–H groups in total. The quantitative estimate of drug-likeness (QED) is 0.142. The molecule has 1 unspecified atom stereocenters. The van der Waals surface area contributed by atoms with E-state index in [0.29, 0.717) is 0 Å². The van der Waals surface area contributed by atoms with Gasteiger partial charge in [-0.2, -0.15) is 10.8 Å². The van der Waals surface area contributed by atoms with E-state index in [1.807, 2.05) is 36.4 Å². The van der Waals surface area contributed by atoms with Gasteiger partial charge in [0.2, 0.25) is 0 Å². The summed E-state index contributed by atoms with van der Waals surface area (Å²) in [6.07, 6.45) is 0. The summed E-state index contributed by atoms with van der Waals surface area (Å²) in [6, 6.07) is 59.5. The molecule has 4 heteroatoms. The van der Waals surface area contributed by atoms with Gasteiger partial charge in [0.25, 0.3) is 0 Å². The number of aryl methyl sites for hydroxylation is 1. The van der Waals surface area contributed by atoms with E-state index in [1.54, 1.807) is 0 Å². The molecule has 6 aromatic rings. The highest BCUT2D eigenvalue weighted by molar-refractivity contribution is 8.17. The average molecular weight is 598 g/mol. The molecule has 0 radical (unpaired) electrons. The lowest BCUT2D eigenvalue weighted by Gasteiger charge is -2.32. The molecule has 0 aliphatic carbocycles. The van der Waals surface area contributed by atoms with Crippen LogP contribution in [0.2, 0.25) is 0 Å². The Hall–Kier alpha value is -3.73. The van der Waals surface area contributed by atoms with E-state index in [0.717, 1.165) is 21.1 Å². The van der Waals surface area contributed by atoms with Crippen LogP contribution >= 0.6 is 25.6 Å². The Balaban J connectivity index is 1.78. The number of rotatable bonds is 7. The molecular weight excluding hydrogens is 566 g/mol. The van der Waals surface area contributed by atoms with E-state index in [9.17, 15) is 4.55 Å². The summed E-state index contributed by atoms with van der Waals surface area (Å²) in [5, 5.41) is 7.30. The SMILES string of the molecule is Cc1ccc(S([O-])=C=P(c2ccccc2)(c2ccccc2)c2ccccc2P(c2ccccc2)c2ccccc2)cc1. The van der Waals surface area contributed by atoms with Crippen LogP contribution in [0.15, 0.2) is 175 Å². The first-order valence-electron chi connectivity index (χ1n) is 13.9. The van der Waals surface area contributed by atoms with Gasteiger partial charge in [-0.1, -0.05) is 168 Å². The van der Waals surface area contributed by atoms with Crippen LogP contribution in [-0.4, -0.2) is 9.30 Å². The summed E-state index contributed by atoms with van der Waals surface area (Å²) in [6.45, 7) is -0.600. The summed E-state index contributed by atoms with van der Waals surface area (Å²) in [4.78, 5) is 0.766. The summed E-state index contributed by atoms with van der Waals surface area (Å²) in [5.41, 5.74) is 1.14. The lowest BCUT2D eigenvalue weighted by Crippen LogP contribution is -2.37. The van der Waals surface area contributed by atoms with E-state index in [-0.39, 0.29) is 0 Å². The van der Waals surface area contributed by atoms with Crippen molar-refractivity contribution in [3.63, 3.8) is 0 Å². The van der Waals surface area contributed by atoms with Crippen LogP contribution in [0.5, 0.6) is 0 Å². The summed E-state index contributed by atoms with van der Waals surface area (Å²) in [5.74, 6) is 0. The highest BCUT2D eigenvalue weighted by Crippen LogP contribution is 2.47. The zero-order chi connectivity index (χ0) is 28.8. The topological polar surface area (TPSA) is 23.1 Å². The van der Waals surface area contributed by atoms with Crippen molar-refractivity contribution in [2.45, 2.75) is 11.8 Å². The predicted molar refractivity (Wildman–Crippen MR) is 187 cm³/mol. The van der Waals surface area contributed by atoms with Crippen LogP contribution in [0.1, 0.15) is 5.56 Å². The lowest BCUT2D eigenvalue weighted by atomic mass is 10.2. The van der Waals surface area contributed by atoms with Gasteiger partial charge in [-0.3, -0.25) is 0 Å². The first-order valence-corrected chi connectivity index (χ1v) is 18.2. The van der Waals surface area contributed by atoms with Crippen LogP contribution in [0.4, 0.5) is 0 Å². The monoisotopic (exact) mass is 597 g/mol. The van der Waals surface area contributed by atoms with Gasteiger partial charge >= 0.3 is 0 Å². The molecule has 0 aliphatic heterocycles. The number of benzene rings is 6. The molecule has 6 aromatic carbocycles. The second-order valence-corrected chi connectivity index (χ2v) is 16.8. The zero-order valence-electron chi connectivity index (χ0n) is 23.4. The van der Waals surface area contributed by atoms with Crippen molar-refractivity contribution < 1.29 is 4.55 Å². The van der Waals surface area contributed by atoms with Crippen molar-refractivity contribution in [1.29, 1.82) is 0 Å².